The van der Waals surface area contributed by atoms with Crippen molar-refractivity contribution in [1.82, 2.24) is 4.57 Å². The van der Waals surface area contributed by atoms with E-state index in [1.54, 1.807) is 12.1 Å². The Kier molecular flexibility index (Phi) is 3.71. The van der Waals surface area contributed by atoms with Crippen molar-refractivity contribution in [2.24, 2.45) is 12.0 Å². The smallest absolute Gasteiger partial charge is 0.289 e. The molecule has 1 amide bonds. The summed E-state index contributed by atoms with van der Waals surface area (Å²) >= 11 is 2.65. The van der Waals surface area contributed by atoms with Gasteiger partial charge in [-0.1, -0.05) is 11.3 Å². The Hall–Kier alpha value is -3.24. The van der Waals surface area contributed by atoms with Gasteiger partial charge in [0.15, 0.2) is 16.3 Å². The van der Waals surface area contributed by atoms with Crippen molar-refractivity contribution < 1.29 is 19.2 Å². The molecule has 1 aliphatic rings. The van der Waals surface area contributed by atoms with Gasteiger partial charge < -0.3 is 14.0 Å². The molecule has 0 saturated carbocycles. The van der Waals surface area contributed by atoms with Crippen molar-refractivity contribution in [3.05, 3.63) is 56.2 Å². The summed E-state index contributed by atoms with van der Waals surface area (Å²) < 4.78 is 14.4. The largest absolute Gasteiger partial charge is 0.454 e. The Morgan fingerprint density at radius 3 is 2.71 bits per heavy atom. The first-order chi connectivity index (χ1) is 13.5. The number of hydrogen-bond donors (Lipinski definition) is 0. The number of fused-ring (bicyclic) bond motifs is 3. The van der Waals surface area contributed by atoms with Gasteiger partial charge in [-0.2, -0.15) is 4.99 Å². The zero-order chi connectivity index (χ0) is 19.4. The summed E-state index contributed by atoms with van der Waals surface area (Å²) in [6.07, 6.45) is 0. The molecule has 5 rings (SSSR count). The number of amides is 1. The van der Waals surface area contributed by atoms with E-state index in [0.29, 0.717) is 26.6 Å². The average Bonchev–Trinajstić information content (AvgIpc) is 3.37. The first kappa shape index (κ1) is 16.9. The van der Waals surface area contributed by atoms with E-state index in [0.717, 1.165) is 14.9 Å². The first-order valence-electron chi connectivity index (χ1n) is 8.16. The number of ether oxygens (including phenoxy) is 2. The predicted octanol–water partition coefficient (Wildman–Crippen LogP) is 3.83. The van der Waals surface area contributed by atoms with Crippen LogP contribution in [-0.2, 0) is 7.05 Å². The van der Waals surface area contributed by atoms with Crippen LogP contribution in [0, 0.1) is 10.1 Å². The second-order valence-corrected chi connectivity index (χ2v) is 8.22. The van der Waals surface area contributed by atoms with Gasteiger partial charge in [0, 0.05) is 41.4 Å². The van der Waals surface area contributed by atoms with E-state index in [-0.39, 0.29) is 18.4 Å². The van der Waals surface area contributed by atoms with Gasteiger partial charge in [0.25, 0.3) is 11.6 Å². The van der Waals surface area contributed by atoms with E-state index >= 15 is 0 Å². The molecular weight excluding hydrogens is 402 g/mol. The van der Waals surface area contributed by atoms with Gasteiger partial charge >= 0.3 is 0 Å². The van der Waals surface area contributed by atoms with Crippen LogP contribution in [-0.4, -0.2) is 22.2 Å². The molecule has 0 saturated heterocycles. The second-order valence-electron chi connectivity index (χ2n) is 6.12. The topological polar surface area (TPSA) is 96.0 Å². The maximum absolute atomic E-state index is 12.7. The molecule has 0 aliphatic carbocycles. The summed E-state index contributed by atoms with van der Waals surface area (Å²) in [5.74, 6) is 0.967. The summed E-state index contributed by atoms with van der Waals surface area (Å²) in [6, 6.07) is 9.93. The molecule has 8 nitrogen and oxygen atoms in total. The van der Waals surface area contributed by atoms with E-state index < -0.39 is 4.92 Å². The highest BCUT2D eigenvalue weighted by atomic mass is 32.1. The van der Waals surface area contributed by atoms with Crippen LogP contribution in [0.15, 0.2) is 41.4 Å². The molecule has 0 radical (unpaired) electrons. The number of nitro benzene ring substituents is 1. The summed E-state index contributed by atoms with van der Waals surface area (Å²) in [7, 11) is 1.83. The molecular formula is C18H11N3O5S2. The van der Waals surface area contributed by atoms with Crippen LogP contribution < -0.4 is 14.3 Å². The number of carbonyl (C=O) groups is 1. The maximum Gasteiger partial charge on any atom is 0.289 e. The number of hydrogen-bond acceptors (Lipinski definition) is 7. The third kappa shape index (κ3) is 2.65. The molecule has 4 aromatic rings. The molecule has 140 valence electrons. The molecule has 10 heteroatoms. The van der Waals surface area contributed by atoms with E-state index in [1.165, 1.54) is 34.8 Å². The lowest BCUT2D eigenvalue weighted by Gasteiger charge is -1.98. The van der Waals surface area contributed by atoms with Crippen molar-refractivity contribution in [2.45, 2.75) is 0 Å². The molecule has 0 N–H and O–H groups in total. The maximum atomic E-state index is 12.7. The lowest BCUT2D eigenvalue weighted by atomic mass is 10.2. The summed E-state index contributed by atoms with van der Waals surface area (Å²) in [4.78, 5) is 28.4. The third-order valence-corrected chi connectivity index (χ3v) is 6.62. The summed E-state index contributed by atoms with van der Waals surface area (Å²) in [5.41, 5.74) is 0.891. The Labute approximate surface area is 165 Å². The highest BCUT2D eigenvalue weighted by molar-refractivity contribution is 7.21. The Bertz CT molecular complexity index is 1370. The van der Waals surface area contributed by atoms with Crippen LogP contribution >= 0.6 is 22.7 Å². The Morgan fingerprint density at radius 1 is 1.14 bits per heavy atom. The van der Waals surface area contributed by atoms with E-state index in [4.69, 9.17) is 9.47 Å². The van der Waals surface area contributed by atoms with Gasteiger partial charge in [0.2, 0.25) is 6.79 Å². The van der Waals surface area contributed by atoms with Crippen molar-refractivity contribution in [2.75, 3.05) is 6.79 Å². The molecule has 0 unspecified atom stereocenters. The van der Waals surface area contributed by atoms with Gasteiger partial charge in [0.05, 0.1) is 20.0 Å². The number of benzene rings is 2. The fraction of sp³-hybridized carbons (Fsp3) is 0.111. The third-order valence-electron chi connectivity index (χ3n) is 4.42. The average molecular weight is 413 g/mol. The van der Waals surface area contributed by atoms with E-state index in [2.05, 4.69) is 4.99 Å². The molecule has 1 aliphatic heterocycles. The molecule has 2 aromatic heterocycles. The highest BCUT2D eigenvalue weighted by Crippen LogP contribution is 2.36. The van der Waals surface area contributed by atoms with Crippen molar-refractivity contribution >= 4 is 54.6 Å². The van der Waals surface area contributed by atoms with Crippen molar-refractivity contribution in [3.63, 3.8) is 0 Å². The molecule has 28 heavy (non-hydrogen) atoms. The van der Waals surface area contributed by atoms with Gasteiger partial charge in [-0.25, -0.2) is 0 Å². The summed E-state index contributed by atoms with van der Waals surface area (Å²) in [5, 5.41) is 11.6. The number of aryl methyl sites for hydroxylation is 1. The second kappa shape index (κ2) is 6.14. The summed E-state index contributed by atoms with van der Waals surface area (Å²) in [6.45, 7) is 0.205. The van der Waals surface area contributed by atoms with Crippen LogP contribution in [0.3, 0.4) is 0 Å². The number of nitrogens with zero attached hydrogens (tertiary/aromatic N) is 3. The van der Waals surface area contributed by atoms with Crippen LogP contribution in [0.2, 0.25) is 0 Å². The number of rotatable bonds is 2. The molecule has 2 aromatic carbocycles. The van der Waals surface area contributed by atoms with Gasteiger partial charge in [-0.3, -0.25) is 14.9 Å². The minimum Gasteiger partial charge on any atom is -0.454 e. The van der Waals surface area contributed by atoms with Crippen LogP contribution in [0.4, 0.5) is 5.69 Å². The predicted molar refractivity (Wildman–Crippen MR) is 105 cm³/mol. The Balaban J connectivity index is 1.57. The lowest BCUT2D eigenvalue weighted by Crippen LogP contribution is -2.12. The first-order valence-corrected chi connectivity index (χ1v) is 9.79. The minimum absolute atomic E-state index is 0.00497. The van der Waals surface area contributed by atoms with Crippen molar-refractivity contribution in [1.29, 1.82) is 0 Å². The fourth-order valence-corrected chi connectivity index (χ4v) is 4.97. The molecule has 0 fully saturated rings. The zero-order valence-corrected chi connectivity index (χ0v) is 16.0. The van der Waals surface area contributed by atoms with Gasteiger partial charge in [-0.15, -0.1) is 11.3 Å². The number of thiophene rings is 1. The highest BCUT2D eigenvalue weighted by Gasteiger charge is 2.18. The lowest BCUT2D eigenvalue weighted by molar-refractivity contribution is -0.384. The minimum atomic E-state index is -0.453. The zero-order valence-electron chi connectivity index (χ0n) is 14.4. The normalized spacial score (nSPS) is 13.5. The van der Waals surface area contributed by atoms with Crippen LogP contribution in [0.5, 0.6) is 11.5 Å². The number of carbonyl (C=O) groups excluding carboxylic acids is 1. The SMILES string of the molecule is Cn1c(=NC(=O)c2cc3cc([N+](=O)[O-])ccc3s2)sc2cc3c(cc21)OCO3. The molecule has 0 bridgehead atoms. The van der Waals surface area contributed by atoms with Crippen LogP contribution in [0.25, 0.3) is 20.3 Å². The number of thiazole rings is 1. The standard InChI is InChI=1S/C18H11N3O5S2/c1-20-11-6-12-13(26-8-25-12)7-15(11)28-18(20)19-17(22)16-5-9-4-10(21(23)24)2-3-14(9)27-16/h2-7H,8H2,1H3. The fourth-order valence-electron chi connectivity index (χ4n) is 3.02. The van der Waals surface area contributed by atoms with Gasteiger partial charge in [-0.05, 0) is 12.1 Å². The number of nitro groups is 1. The monoisotopic (exact) mass is 413 g/mol. The quantitative estimate of drug-likeness (QED) is 0.368. The number of aromatic nitrogens is 1. The molecule has 0 atom stereocenters. The molecule has 0 spiro atoms. The molecule has 3 heterocycles. The van der Waals surface area contributed by atoms with Crippen molar-refractivity contribution in [3.8, 4) is 11.5 Å². The number of non-ortho nitro benzene ring substituents is 1. The van der Waals surface area contributed by atoms with Gasteiger partial charge in [0.1, 0.15) is 0 Å². The van der Waals surface area contributed by atoms with E-state index in [9.17, 15) is 14.9 Å². The Morgan fingerprint density at radius 2 is 1.93 bits per heavy atom. The van der Waals surface area contributed by atoms with E-state index in [1.807, 2.05) is 23.7 Å². The van der Waals surface area contributed by atoms with Crippen LogP contribution in [0.1, 0.15) is 9.67 Å².